The summed E-state index contributed by atoms with van der Waals surface area (Å²) in [5.74, 6) is -1.62. The van der Waals surface area contributed by atoms with Crippen LogP contribution in [0, 0.1) is 18.6 Å². The lowest BCUT2D eigenvalue weighted by molar-refractivity contribution is 0.475. The van der Waals surface area contributed by atoms with Crippen LogP contribution in [0.4, 0.5) is 8.78 Å². The van der Waals surface area contributed by atoms with Gasteiger partial charge in [-0.25, -0.2) is 18.7 Å². The van der Waals surface area contributed by atoms with Gasteiger partial charge in [-0.15, -0.1) is 0 Å². The fraction of sp³-hybridized carbons (Fsp3) is 0.333. The van der Waals surface area contributed by atoms with E-state index in [1.54, 1.807) is 31.5 Å². The lowest BCUT2D eigenvalue weighted by Gasteiger charge is -2.20. The van der Waals surface area contributed by atoms with E-state index in [4.69, 9.17) is 0 Å². The predicted molar refractivity (Wildman–Crippen MR) is 73.3 cm³/mol. The first-order valence-electron chi connectivity index (χ1n) is 6.58. The third kappa shape index (κ3) is 2.99. The SMILES string of the molecule is CCCNC(c1cncnc1)c1ccc(C)c(F)c1F. The van der Waals surface area contributed by atoms with Gasteiger partial charge in [-0.3, -0.25) is 0 Å². The van der Waals surface area contributed by atoms with Crippen molar-refractivity contribution >= 4 is 0 Å². The van der Waals surface area contributed by atoms with Gasteiger partial charge in [0, 0.05) is 23.5 Å². The Labute approximate surface area is 117 Å². The van der Waals surface area contributed by atoms with Gasteiger partial charge in [0.1, 0.15) is 6.33 Å². The fourth-order valence-electron chi connectivity index (χ4n) is 2.04. The Morgan fingerprint density at radius 2 is 1.85 bits per heavy atom. The van der Waals surface area contributed by atoms with E-state index < -0.39 is 17.7 Å². The molecule has 5 heteroatoms. The number of halogens is 2. The summed E-state index contributed by atoms with van der Waals surface area (Å²) in [5.41, 5.74) is 1.28. The molecule has 0 fully saturated rings. The van der Waals surface area contributed by atoms with E-state index in [9.17, 15) is 8.78 Å². The van der Waals surface area contributed by atoms with Crippen molar-refractivity contribution in [3.05, 3.63) is 59.2 Å². The zero-order valence-corrected chi connectivity index (χ0v) is 11.5. The quantitative estimate of drug-likeness (QED) is 0.912. The minimum absolute atomic E-state index is 0.274. The lowest BCUT2D eigenvalue weighted by atomic mass is 9.99. The molecule has 0 spiro atoms. The van der Waals surface area contributed by atoms with Crippen molar-refractivity contribution in [3.63, 3.8) is 0 Å². The summed E-state index contributed by atoms with van der Waals surface area (Å²) >= 11 is 0. The number of hydrogen-bond donors (Lipinski definition) is 1. The second-order valence-corrected chi connectivity index (χ2v) is 4.66. The Hall–Kier alpha value is -1.88. The van der Waals surface area contributed by atoms with Crippen LogP contribution in [0.5, 0.6) is 0 Å². The van der Waals surface area contributed by atoms with Crippen LogP contribution in [-0.2, 0) is 0 Å². The second-order valence-electron chi connectivity index (χ2n) is 4.66. The summed E-state index contributed by atoms with van der Waals surface area (Å²) in [6.07, 6.45) is 5.52. The van der Waals surface area contributed by atoms with E-state index >= 15 is 0 Å². The van der Waals surface area contributed by atoms with Gasteiger partial charge in [0.25, 0.3) is 0 Å². The third-order valence-electron chi connectivity index (χ3n) is 3.13. The normalized spacial score (nSPS) is 12.4. The number of nitrogens with one attached hydrogen (secondary N) is 1. The molecule has 0 radical (unpaired) electrons. The zero-order chi connectivity index (χ0) is 14.5. The van der Waals surface area contributed by atoms with Crippen LogP contribution in [0.1, 0.15) is 36.1 Å². The Morgan fingerprint density at radius 3 is 2.50 bits per heavy atom. The third-order valence-corrected chi connectivity index (χ3v) is 3.13. The highest BCUT2D eigenvalue weighted by molar-refractivity contribution is 5.33. The number of rotatable bonds is 5. The number of aryl methyl sites for hydroxylation is 1. The molecule has 2 aromatic rings. The minimum Gasteiger partial charge on any atom is -0.306 e. The van der Waals surface area contributed by atoms with Crippen LogP contribution in [0.2, 0.25) is 0 Å². The van der Waals surface area contributed by atoms with Crippen LogP contribution in [0.15, 0.2) is 30.9 Å². The van der Waals surface area contributed by atoms with Gasteiger partial charge in [-0.05, 0) is 25.5 Å². The van der Waals surface area contributed by atoms with Crippen molar-refractivity contribution in [1.82, 2.24) is 15.3 Å². The van der Waals surface area contributed by atoms with Gasteiger partial charge in [-0.1, -0.05) is 19.1 Å². The zero-order valence-electron chi connectivity index (χ0n) is 11.5. The molecule has 0 saturated carbocycles. The molecule has 3 nitrogen and oxygen atoms in total. The lowest BCUT2D eigenvalue weighted by Crippen LogP contribution is -2.25. The molecule has 106 valence electrons. The van der Waals surface area contributed by atoms with Gasteiger partial charge in [0.05, 0.1) is 6.04 Å². The maximum atomic E-state index is 14.2. The first-order chi connectivity index (χ1) is 9.65. The van der Waals surface area contributed by atoms with E-state index in [-0.39, 0.29) is 5.56 Å². The highest BCUT2D eigenvalue weighted by atomic mass is 19.2. The van der Waals surface area contributed by atoms with Crippen molar-refractivity contribution in [1.29, 1.82) is 0 Å². The molecule has 1 atom stereocenters. The molecule has 1 unspecified atom stereocenters. The topological polar surface area (TPSA) is 37.8 Å². The molecule has 0 bridgehead atoms. The first kappa shape index (κ1) is 14.5. The average molecular weight is 277 g/mol. The van der Waals surface area contributed by atoms with Crippen molar-refractivity contribution in [2.24, 2.45) is 0 Å². The predicted octanol–water partition coefficient (Wildman–Crippen LogP) is 3.15. The molecule has 1 heterocycles. The number of benzene rings is 1. The molecule has 1 aromatic heterocycles. The van der Waals surface area contributed by atoms with Crippen molar-refractivity contribution in [2.75, 3.05) is 6.54 Å². The highest BCUT2D eigenvalue weighted by Crippen LogP contribution is 2.26. The fourth-order valence-corrected chi connectivity index (χ4v) is 2.04. The van der Waals surface area contributed by atoms with Crippen LogP contribution < -0.4 is 5.32 Å². The average Bonchev–Trinajstić information content (AvgIpc) is 2.48. The summed E-state index contributed by atoms with van der Waals surface area (Å²) in [7, 11) is 0. The summed E-state index contributed by atoms with van der Waals surface area (Å²) in [6, 6.07) is 2.73. The monoisotopic (exact) mass is 277 g/mol. The van der Waals surface area contributed by atoms with E-state index in [1.165, 1.54) is 6.33 Å². The summed E-state index contributed by atoms with van der Waals surface area (Å²) in [4.78, 5) is 7.88. The standard InChI is InChI=1S/C15H17F2N3/c1-3-6-20-15(11-7-18-9-19-8-11)12-5-4-10(2)13(16)14(12)17/h4-5,7-9,15,20H,3,6H2,1-2H3. The number of nitrogens with zero attached hydrogens (tertiary/aromatic N) is 2. The molecule has 1 N–H and O–H groups in total. The van der Waals surface area contributed by atoms with Gasteiger partial charge >= 0.3 is 0 Å². The maximum absolute atomic E-state index is 14.2. The van der Waals surface area contributed by atoms with E-state index in [0.717, 1.165) is 6.42 Å². The van der Waals surface area contributed by atoms with E-state index in [0.29, 0.717) is 17.7 Å². The second kappa shape index (κ2) is 6.52. The Morgan fingerprint density at radius 1 is 1.15 bits per heavy atom. The molecule has 2 rings (SSSR count). The molecular weight excluding hydrogens is 260 g/mol. The van der Waals surface area contributed by atoms with Gasteiger partial charge in [-0.2, -0.15) is 0 Å². The maximum Gasteiger partial charge on any atom is 0.164 e. The van der Waals surface area contributed by atoms with E-state index in [1.807, 2.05) is 6.92 Å². The largest absolute Gasteiger partial charge is 0.306 e. The molecule has 0 saturated heterocycles. The molecule has 1 aromatic carbocycles. The minimum atomic E-state index is -0.817. The van der Waals surface area contributed by atoms with Crippen LogP contribution >= 0.6 is 0 Å². The number of aromatic nitrogens is 2. The van der Waals surface area contributed by atoms with Crippen LogP contribution in [0.3, 0.4) is 0 Å². The summed E-state index contributed by atoms with van der Waals surface area (Å²) < 4.78 is 27.9. The van der Waals surface area contributed by atoms with Crippen molar-refractivity contribution in [2.45, 2.75) is 26.3 Å². The van der Waals surface area contributed by atoms with Gasteiger partial charge in [0.15, 0.2) is 11.6 Å². The van der Waals surface area contributed by atoms with Crippen molar-refractivity contribution in [3.8, 4) is 0 Å². The highest BCUT2D eigenvalue weighted by Gasteiger charge is 2.21. The first-order valence-corrected chi connectivity index (χ1v) is 6.58. The van der Waals surface area contributed by atoms with E-state index in [2.05, 4.69) is 15.3 Å². The molecule has 0 aliphatic rings. The van der Waals surface area contributed by atoms with Gasteiger partial charge < -0.3 is 5.32 Å². The molecule has 0 aliphatic carbocycles. The van der Waals surface area contributed by atoms with Crippen molar-refractivity contribution < 1.29 is 8.78 Å². The molecule has 20 heavy (non-hydrogen) atoms. The molecule has 0 aliphatic heterocycles. The Kier molecular flexibility index (Phi) is 4.74. The molecular formula is C15H17F2N3. The summed E-state index contributed by atoms with van der Waals surface area (Å²) in [5, 5.41) is 3.20. The number of hydrogen-bond acceptors (Lipinski definition) is 3. The molecule has 0 amide bonds. The Bertz CT molecular complexity index is 573. The van der Waals surface area contributed by atoms with Crippen LogP contribution in [-0.4, -0.2) is 16.5 Å². The Balaban J connectivity index is 2.44. The smallest absolute Gasteiger partial charge is 0.164 e. The van der Waals surface area contributed by atoms with Crippen LogP contribution in [0.25, 0.3) is 0 Å². The summed E-state index contributed by atoms with van der Waals surface area (Å²) in [6.45, 7) is 4.24. The van der Waals surface area contributed by atoms with Gasteiger partial charge in [0.2, 0.25) is 0 Å².